The van der Waals surface area contributed by atoms with Crippen molar-refractivity contribution in [2.24, 2.45) is 0 Å². The molecule has 0 heterocycles. The number of carboxylic acid groups (broad SMARTS) is 1. The summed E-state index contributed by atoms with van der Waals surface area (Å²) in [4.78, 5) is 34.2. The van der Waals surface area contributed by atoms with Crippen molar-refractivity contribution in [2.75, 3.05) is 6.54 Å². The van der Waals surface area contributed by atoms with E-state index >= 15 is 0 Å². The second kappa shape index (κ2) is 7.39. The van der Waals surface area contributed by atoms with E-state index in [9.17, 15) is 19.5 Å². The van der Waals surface area contributed by atoms with Crippen LogP contribution in [-0.4, -0.2) is 46.7 Å². The van der Waals surface area contributed by atoms with Crippen LogP contribution in [0.25, 0.3) is 0 Å². The molecule has 0 spiro atoms. The second-order valence-electron chi connectivity index (χ2n) is 4.68. The first-order chi connectivity index (χ1) is 9.81. The van der Waals surface area contributed by atoms with E-state index in [-0.39, 0.29) is 6.54 Å². The maximum atomic E-state index is 11.8. The lowest BCUT2D eigenvalue weighted by Crippen LogP contribution is -2.50. The minimum absolute atomic E-state index is 0.372. The van der Waals surface area contributed by atoms with E-state index in [2.05, 4.69) is 10.6 Å². The third kappa shape index (κ3) is 5.23. The summed E-state index contributed by atoms with van der Waals surface area (Å²) in [5.74, 6) is -2.47. The molecule has 0 radical (unpaired) electrons. The van der Waals surface area contributed by atoms with Crippen LogP contribution in [0.5, 0.6) is 0 Å². The van der Waals surface area contributed by atoms with Gasteiger partial charge in [0.05, 0.1) is 12.6 Å². The molecule has 1 aromatic rings. The van der Waals surface area contributed by atoms with Crippen LogP contribution >= 0.6 is 0 Å². The van der Waals surface area contributed by atoms with Gasteiger partial charge in [-0.3, -0.25) is 9.59 Å². The fourth-order valence-electron chi connectivity index (χ4n) is 1.66. The van der Waals surface area contributed by atoms with Gasteiger partial charge in [0, 0.05) is 5.56 Å². The Morgan fingerprint density at radius 1 is 1.29 bits per heavy atom. The molecule has 7 nitrogen and oxygen atoms in total. The van der Waals surface area contributed by atoms with Crippen LogP contribution in [0.4, 0.5) is 0 Å². The lowest BCUT2D eigenvalue weighted by atomic mass is 10.1. The van der Waals surface area contributed by atoms with Gasteiger partial charge in [0.1, 0.15) is 0 Å². The van der Waals surface area contributed by atoms with E-state index in [1.807, 2.05) is 13.0 Å². The number of benzene rings is 1. The maximum absolute atomic E-state index is 11.8. The molecule has 114 valence electrons. The summed E-state index contributed by atoms with van der Waals surface area (Å²) in [7, 11) is 0. The molecule has 21 heavy (non-hydrogen) atoms. The third-order valence-electron chi connectivity index (χ3n) is 2.75. The normalized spacial score (nSPS) is 13.1. The predicted molar refractivity (Wildman–Crippen MR) is 74.8 cm³/mol. The van der Waals surface area contributed by atoms with E-state index in [1.54, 1.807) is 18.2 Å². The minimum Gasteiger partial charge on any atom is -0.480 e. The Kier molecular flexibility index (Phi) is 5.86. The largest absolute Gasteiger partial charge is 0.480 e. The zero-order chi connectivity index (χ0) is 16.0. The molecular weight excluding hydrogens is 276 g/mol. The van der Waals surface area contributed by atoms with E-state index in [1.165, 1.54) is 6.92 Å². The van der Waals surface area contributed by atoms with Crippen molar-refractivity contribution < 1.29 is 24.6 Å². The molecule has 1 rings (SSSR count). The number of amides is 2. The first kappa shape index (κ1) is 16.6. The molecule has 4 N–H and O–H groups in total. The Morgan fingerprint density at radius 2 is 1.95 bits per heavy atom. The number of carbonyl (C=O) groups is 3. The van der Waals surface area contributed by atoms with E-state index in [0.717, 1.165) is 5.56 Å². The van der Waals surface area contributed by atoms with Crippen molar-refractivity contribution in [3.05, 3.63) is 35.4 Å². The van der Waals surface area contributed by atoms with Crippen molar-refractivity contribution >= 4 is 17.8 Å². The number of aliphatic hydroxyl groups is 1. The van der Waals surface area contributed by atoms with Gasteiger partial charge in [-0.1, -0.05) is 17.7 Å². The van der Waals surface area contributed by atoms with Crippen LogP contribution in [0.2, 0.25) is 0 Å². The minimum atomic E-state index is -1.41. The number of carbonyl (C=O) groups excluding carboxylic acids is 2. The quantitative estimate of drug-likeness (QED) is 0.573. The maximum Gasteiger partial charge on any atom is 0.328 e. The number of hydrogen-bond donors (Lipinski definition) is 4. The van der Waals surface area contributed by atoms with Crippen molar-refractivity contribution in [3.8, 4) is 0 Å². The average Bonchev–Trinajstić information content (AvgIpc) is 2.41. The third-order valence-corrected chi connectivity index (χ3v) is 2.75. The van der Waals surface area contributed by atoms with Gasteiger partial charge in [0.25, 0.3) is 5.91 Å². The fourth-order valence-corrected chi connectivity index (χ4v) is 1.66. The molecule has 0 aliphatic carbocycles. The first-order valence-electron chi connectivity index (χ1n) is 6.36. The molecule has 0 aromatic heterocycles. The summed E-state index contributed by atoms with van der Waals surface area (Å²) in [6.07, 6.45) is -1.24. The molecule has 0 aliphatic rings. The van der Waals surface area contributed by atoms with Crippen LogP contribution in [0, 0.1) is 6.92 Å². The second-order valence-corrected chi connectivity index (χ2v) is 4.68. The number of hydrogen-bond acceptors (Lipinski definition) is 4. The number of carboxylic acids is 1. The lowest BCUT2D eigenvalue weighted by Gasteiger charge is -2.17. The Bertz CT molecular complexity index is 542. The molecule has 0 fully saturated rings. The van der Waals surface area contributed by atoms with Gasteiger partial charge in [-0.15, -0.1) is 0 Å². The van der Waals surface area contributed by atoms with Gasteiger partial charge < -0.3 is 20.8 Å². The van der Waals surface area contributed by atoms with Gasteiger partial charge in [0.15, 0.2) is 6.04 Å². The van der Waals surface area contributed by atoms with Crippen molar-refractivity contribution in [1.29, 1.82) is 0 Å². The standard InChI is InChI=1S/C14H18N2O5/c1-8-4-3-5-10(6-8)13(19)15-7-11(18)16-12(9(2)17)14(20)21/h3-6,9,12,17H,7H2,1-2H3,(H,15,19)(H,16,18)(H,20,21). The molecule has 2 atom stereocenters. The summed E-state index contributed by atoms with van der Waals surface area (Å²) in [5, 5.41) is 22.6. The summed E-state index contributed by atoms with van der Waals surface area (Å²) in [6, 6.07) is 5.43. The lowest BCUT2D eigenvalue weighted by molar-refractivity contribution is -0.144. The molecule has 0 saturated heterocycles. The Hall–Kier alpha value is -2.41. The molecule has 7 heteroatoms. The van der Waals surface area contributed by atoms with Gasteiger partial charge in [-0.2, -0.15) is 0 Å². The highest BCUT2D eigenvalue weighted by Crippen LogP contribution is 2.03. The highest BCUT2D eigenvalue weighted by Gasteiger charge is 2.24. The van der Waals surface area contributed by atoms with Crippen molar-refractivity contribution in [2.45, 2.75) is 26.0 Å². The van der Waals surface area contributed by atoms with E-state index < -0.39 is 29.9 Å². The summed E-state index contributed by atoms with van der Waals surface area (Å²) in [5.41, 5.74) is 1.32. The summed E-state index contributed by atoms with van der Waals surface area (Å²) < 4.78 is 0. The molecule has 2 amide bonds. The van der Waals surface area contributed by atoms with Gasteiger partial charge in [0.2, 0.25) is 5.91 Å². The molecular formula is C14H18N2O5. The first-order valence-corrected chi connectivity index (χ1v) is 6.36. The Balaban J connectivity index is 2.53. The average molecular weight is 294 g/mol. The van der Waals surface area contributed by atoms with Crippen LogP contribution < -0.4 is 10.6 Å². The monoisotopic (exact) mass is 294 g/mol. The number of aryl methyl sites for hydroxylation is 1. The highest BCUT2D eigenvalue weighted by molar-refractivity contribution is 5.97. The van der Waals surface area contributed by atoms with Crippen LogP contribution in [0.15, 0.2) is 24.3 Å². The molecule has 0 saturated carbocycles. The van der Waals surface area contributed by atoms with Crippen LogP contribution in [-0.2, 0) is 9.59 Å². The summed E-state index contributed by atoms with van der Waals surface area (Å²) >= 11 is 0. The zero-order valence-corrected chi connectivity index (χ0v) is 11.8. The fraction of sp³-hybridized carbons (Fsp3) is 0.357. The van der Waals surface area contributed by atoms with Gasteiger partial charge >= 0.3 is 5.97 Å². The Morgan fingerprint density at radius 3 is 2.48 bits per heavy atom. The molecule has 2 unspecified atom stereocenters. The van der Waals surface area contributed by atoms with Gasteiger partial charge in [-0.25, -0.2) is 4.79 Å². The summed E-state index contributed by atoms with van der Waals surface area (Å²) in [6.45, 7) is 2.72. The highest BCUT2D eigenvalue weighted by atomic mass is 16.4. The number of aliphatic carboxylic acids is 1. The smallest absolute Gasteiger partial charge is 0.328 e. The van der Waals surface area contributed by atoms with E-state index in [0.29, 0.717) is 5.56 Å². The molecule has 0 bridgehead atoms. The molecule has 0 aliphatic heterocycles. The van der Waals surface area contributed by atoms with Crippen molar-refractivity contribution in [1.82, 2.24) is 10.6 Å². The topological polar surface area (TPSA) is 116 Å². The predicted octanol–water partition coefficient (Wildman–Crippen LogP) is -0.325. The number of rotatable bonds is 6. The SMILES string of the molecule is Cc1cccc(C(=O)NCC(=O)NC(C(=O)O)C(C)O)c1. The zero-order valence-electron chi connectivity index (χ0n) is 11.8. The van der Waals surface area contributed by atoms with E-state index in [4.69, 9.17) is 5.11 Å². The number of nitrogens with one attached hydrogen (secondary N) is 2. The van der Waals surface area contributed by atoms with Gasteiger partial charge in [-0.05, 0) is 26.0 Å². The van der Waals surface area contributed by atoms with Crippen molar-refractivity contribution in [3.63, 3.8) is 0 Å². The van der Waals surface area contributed by atoms with Crippen LogP contribution in [0.1, 0.15) is 22.8 Å². The Labute approximate surface area is 122 Å². The number of aliphatic hydroxyl groups excluding tert-OH is 1. The molecule has 1 aromatic carbocycles. The van der Waals surface area contributed by atoms with Crippen LogP contribution in [0.3, 0.4) is 0 Å².